The minimum Gasteiger partial charge on any atom is -0.508 e. The Morgan fingerprint density at radius 2 is 1.68 bits per heavy atom. The number of hydrogen-bond donors (Lipinski definition) is 2. The third kappa shape index (κ3) is 5.19. The molecule has 3 aliphatic rings. The normalized spacial score (nSPS) is 22.5. The number of allylic oxidation sites excluding steroid dienone is 1. The van der Waals surface area contributed by atoms with E-state index in [-0.39, 0.29) is 17.5 Å². The van der Waals surface area contributed by atoms with Gasteiger partial charge in [0.05, 0.1) is 6.04 Å². The Labute approximate surface area is 238 Å². The molecule has 3 aromatic rings. The molecule has 2 heterocycles. The van der Waals surface area contributed by atoms with Gasteiger partial charge in [-0.1, -0.05) is 44.0 Å². The van der Waals surface area contributed by atoms with E-state index in [2.05, 4.69) is 67.0 Å². The van der Waals surface area contributed by atoms with Gasteiger partial charge in [0.25, 0.3) is 0 Å². The quantitative estimate of drug-likeness (QED) is 0.324. The van der Waals surface area contributed by atoms with Gasteiger partial charge in [0.1, 0.15) is 23.9 Å². The molecule has 0 radical (unpaired) electrons. The number of rotatable bonds is 7. The molecule has 1 aliphatic carbocycles. The van der Waals surface area contributed by atoms with Crippen LogP contribution < -0.4 is 9.64 Å². The zero-order valence-electron chi connectivity index (χ0n) is 24.0. The van der Waals surface area contributed by atoms with Crippen LogP contribution in [-0.4, -0.2) is 46.9 Å². The predicted molar refractivity (Wildman–Crippen MR) is 163 cm³/mol. The van der Waals surface area contributed by atoms with Crippen LogP contribution in [0.15, 0.2) is 66.7 Å². The van der Waals surface area contributed by atoms with Gasteiger partial charge in [-0.25, -0.2) is 0 Å². The number of benzene rings is 3. The molecular weight excluding hydrogens is 496 g/mol. The number of hydrogen-bond acceptors (Lipinski definition) is 5. The van der Waals surface area contributed by atoms with E-state index in [1.54, 1.807) is 6.07 Å². The number of aromatic hydroxyl groups is 2. The Morgan fingerprint density at radius 3 is 2.38 bits per heavy atom. The first-order valence-corrected chi connectivity index (χ1v) is 15.0. The van der Waals surface area contributed by atoms with Crippen molar-refractivity contribution in [2.75, 3.05) is 24.6 Å². The standard InChI is InChI=1S/C35H42N2O3/c1-23-17-18-36(21-23)24(2)22-40-31-14-11-26(12-15-31)35-34(27-7-6-10-29(38)19-27)25(3)32-20-30(39)13-16-33(32)37(35)28-8-4-5-9-28/h6-7,10-16,19-20,23-24,28,35,38-39H,4-5,8-9,17-18,21-22H2,1-3H3. The molecule has 3 unspecified atom stereocenters. The molecule has 2 fully saturated rings. The van der Waals surface area contributed by atoms with Crippen LogP contribution in [0.5, 0.6) is 17.2 Å². The van der Waals surface area contributed by atoms with Crippen LogP contribution in [0.3, 0.4) is 0 Å². The van der Waals surface area contributed by atoms with Gasteiger partial charge in [0, 0.05) is 29.9 Å². The maximum absolute atomic E-state index is 10.4. The van der Waals surface area contributed by atoms with Crippen molar-refractivity contribution in [2.45, 2.75) is 71.0 Å². The van der Waals surface area contributed by atoms with E-state index in [4.69, 9.17) is 4.74 Å². The van der Waals surface area contributed by atoms with Crippen molar-refractivity contribution >= 4 is 16.8 Å². The van der Waals surface area contributed by atoms with E-state index < -0.39 is 0 Å². The van der Waals surface area contributed by atoms with Crippen molar-refractivity contribution < 1.29 is 14.9 Å². The molecule has 3 atom stereocenters. The van der Waals surface area contributed by atoms with Crippen molar-refractivity contribution in [2.24, 2.45) is 5.92 Å². The average molecular weight is 539 g/mol. The summed E-state index contributed by atoms with van der Waals surface area (Å²) in [4.78, 5) is 5.12. The van der Waals surface area contributed by atoms with Gasteiger partial charge < -0.3 is 19.8 Å². The Morgan fingerprint density at radius 1 is 0.925 bits per heavy atom. The number of likely N-dealkylation sites (tertiary alicyclic amines) is 1. The lowest BCUT2D eigenvalue weighted by atomic mass is 9.80. The van der Waals surface area contributed by atoms with Gasteiger partial charge in [0.2, 0.25) is 0 Å². The maximum atomic E-state index is 10.4. The molecule has 2 aliphatic heterocycles. The van der Waals surface area contributed by atoms with Gasteiger partial charge in [-0.05, 0) is 110 Å². The highest BCUT2D eigenvalue weighted by atomic mass is 16.5. The summed E-state index contributed by atoms with van der Waals surface area (Å²) in [7, 11) is 0. The minimum atomic E-state index is -0.0130. The predicted octanol–water partition coefficient (Wildman–Crippen LogP) is 7.64. The summed E-state index contributed by atoms with van der Waals surface area (Å²) < 4.78 is 6.27. The van der Waals surface area contributed by atoms with E-state index >= 15 is 0 Å². The summed E-state index contributed by atoms with van der Waals surface area (Å²) in [5, 5.41) is 20.9. The van der Waals surface area contributed by atoms with Gasteiger partial charge in [-0.3, -0.25) is 4.90 Å². The van der Waals surface area contributed by atoms with Crippen molar-refractivity contribution in [3.05, 3.63) is 83.4 Å². The van der Waals surface area contributed by atoms with E-state index in [9.17, 15) is 10.2 Å². The van der Waals surface area contributed by atoms with Crippen LogP contribution in [0.4, 0.5) is 5.69 Å². The number of nitrogens with zero attached hydrogens (tertiary/aromatic N) is 2. The monoisotopic (exact) mass is 538 g/mol. The molecule has 6 rings (SSSR count). The van der Waals surface area contributed by atoms with Crippen molar-refractivity contribution in [3.8, 4) is 17.2 Å². The van der Waals surface area contributed by atoms with Crippen molar-refractivity contribution in [1.29, 1.82) is 0 Å². The smallest absolute Gasteiger partial charge is 0.119 e. The topological polar surface area (TPSA) is 56.2 Å². The fourth-order valence-corrected chi connectivity index (χ4v) is 7.08. The molecule has 0 bridgehead atoms. The molecule has 210 valence electrons. The van der Waals surface area contributed by atoms with Gasteiger partial charge in [0.15, 0.2) is 0 Å². The summed E-state index contributed by atoms with van der Waals surface area (Å²) in [6, 6.07) is 22.8. The third-order valence-corrected chi connectivity index (χ3v) is 9.26. The second kappa shape index (κ2) is 11.2. The maximum Gasteiger partial charge on any atom is 0.119 e. The van der Waals surface area contributed by atoms with Crippen LogP contribution in [0, 0.1) is 5.92 Å². The third-order valence-electron chi connectivity index (χ3n) is 9.26. The fourth-order valence-electron chi connectivity index (χ4n) is 7.08. The second-order valence-corrected chi connectivity index (χ2v) is 12.2. The lowest BCUT2D eigenvalue weighted by Crippen LogP contribution is -2.40. The van der Waals surface area contributed by atoms with Gasteiger partial charge >= 0.3 is 0 Å². The number of phenols is 2. The van der Waals surface area contributed by atoms with Crippen LogP contribution in [0.2, 0.25) is 0 Å². The summed E-state index contributed by atoms with van der Waals surface area (Å²) in [5.41, 5.74) is 6.75. The highest BCUT2D eigenvalue weighted by Gasteiger charge is 2.38. The Balaban J connectivity index is 1.37. The summed E-state index contributed by atoms with van der Waals surface area (Å²) in [6.07, 6.45) is 6.03. The molecule has 3 aromatic carbocycles. The van der Waals surface area contributed by atoms with E-state index in [1.807, 2.05) is 24.3 Å². The van der Waals surface area contributed by atoms with E-state index in [0.29, 0.717) is 18.7 Å². The number of ether oxygens (including phenoxy) is 1. The molecular formula is C35H42N2O3. The average Bonchev–Trinajstić information content (AvgIpc) is 3.64. The number of phenolic OH excluding ortho intramolecular Hbond substituents is 2. The van der Waals surface area contributed by atoms with Crippen LogP contribution in [0.25, 0.3) is 11.1 Å². The highest BCUT2D eigenvalue weighted by Crippen LogP contribution is 2.52. The lowest BCUT2D eigenvalue weighted by Gasteiger charge is -2.45. The van der Waals surface area contributed by atoms with Crippen LogP contribution >= 0.6 is 0 Å². The first kappa shape index (κ1) is 26.8. The fraction of sp³-hybridized carbons (Fsp3) is 0.429. The minimum absolute atomic E-state index is 0.0130. The lowest BCUT2D eigenvalue weighted by molar-refractivity contribution is 0.169. The summed E-state index contributed by atoms with van der Waals surface area (Å²) >= 11 is 0. The van der Waals surface area contributed by atoms with Crippen molar-refractivity contribution in [1.82, 2.24) is 4.90 Å². The van der Waals surface area contributed by atoms with E-state index in [0.717, 1.165) is 54.3 Å². The van der Waals surface area contributed by atoms with Gasteiger partial charge in [-0.2, -0.15) is 0 Å². The van der Waals surface area contributed by atoms with Gasteiger partial charge in [-0.15, -0.1) is 0 Å². The molecule has 0 aromatic heterocycles. The SMILES string of the molecule is CC1=C(c2cccc(O)c2)C(c2ccc(OCC(C)N3CCC(C)C3)cc2)N(C2CCCC2)c2ccc(O)cc21. The molecule has 40 heavy (non-hydrogen) atoms. The largest absolute Gasteiger partial charge is 0.508 e. The molecule has 0 amide bonds. The molecule has 5 heteroatoms. The first-order valence-electron chi connectivity index (χ1n) is 15.0. The molecule has 1 saturated heterocycles. The Kier molecular flexibility index (Phi) is 7.50. The highest BCUT2D eigenvalue weighted by molar-refractivity contribution is 6.00. The van der Waals surface area contributed by atoms with E-state index in [1.165, 1.54) is 36.1 Å². The van der Waals surface area contributed by atoms with Crippen molar-refractivity contribution in [3.63, 3.8) is 0 Å². The number of anilines is 1. The van der Waals surface area contributed by atoms with Crippen LogP contribution in [-0.2, 0) is 0 Å². The van der Waals surface area contributed by atoms with Crippen LogP contribution in [0.1, 0.15) is 75.6 Å². The second-order valence-electron chi connectivity index (χ2n) is 12.2. The molecule has 5 nitrogen and oxygen atoms in total. The molecule has 2 N–H and O–H groups in total. The summed E-state index contributed by atoms with van der Waals surface area (Å²) in [5.74, 6) is 2.20. The zero-order chi connectivity index (χ0) is 27.8. The first-order chi connectivity index (χ1) is 19.4. The Hall–Kier alpha value is -3.44. The Bertz CT molecular complexity index is 1380. The number of fused-ring (bicyclic) bond motifs is 1. The summed E-state index contributed by atoms with van der Waals surface area (Å²) in [6.45, 7) is 9.74. The zero-order valence-corrected chi connectivity index (χ0v) is 24.0. The molecule has 0 spiro atoms. The molecule has 1 saturated carbocycles.